The van der Waals surface area contributed by atoms with Crippen LogP contribution in [0.4, 0.5) is 0 Å². The van der Waals surface area contributed by atoms with Crippen LogP contribution in [0.15, 0.2) is 12.7 Å². The van der Waals surface area contributed by atoms with E-state index in [1.165, 1.54) is 0 Å². The van der Waals surface area contributed by atoms with Crippen molar-refractivity contribution in [2.75, 3.05) is 13.2 Å². The van der Waals surface area contributed by atoms with Gasteiger partial charge in [-0.15, -0.1) is 6.58 Å². The molecule has 5 rings (SSSR count). The average molecular weight is 348 g/mol. The van der Waals surface area contributed by atoms with Crippen LogP contribution in [0.5, 0.6) is 0 Å². The minimum absolute atomic E-state index is 0.0603. The quantitative estimate of drug-likeness (QED) is 0.539. The maximum atomic E-state index is 11.9. The van der Waals surface area contributed by atoms with Crippen LogP contribution in [-0.4, -0.2) is 42.8 Å². The molecule has 0 aromatic rings. The van der Waals surface area contributed by atoms with Crippen molar-refractivity contribution >= 4 is 5.97 Å². The summed E-state index contributed by atoms with van der Waals surface area (Å²) in [5, 5.41) is 0. The fourth-order valence-corrected chi connectivity index (χ4v) is 7.66. The van der Waals surface area contributed by atoms with Gasteiger partial charge in [-0.2, -0.15) is 0 Å². The molecule has 5 heteroatoms. The van der Waals surface area contributed by atoms with Gasteiger partial charge in [-0.3, -0.25) is 4.79 Å². The fourth-order valence-electron chi connectivity index (χ4n) is 7.66. The Bertz CT molecular complexity index is 650. The van der Waals surface area contributed by atoms with Gasteiger partial charge in [0.2, 0.25) is 0 Å². The van der Waals surface area contributed by atoms with Gasteiger partial charge in [-0.1, -0.05) is 26.8 Å². The fraction of sp³-hybridized carbons (Fsp3) is 0.850. The summed E-state index contributed by atoms with van der Waals surface area (Å²) < 4.78 is 25.1. The molecule has 0 unspecified atom stereocenters. The highest BCUT2D eigenvalue weighted by Crippen LogP contribution is 2.75. The Kier molecular flexibility index (Phi) is 2.92. The number of ether oxygens (including phenoxy) is 4. The number of carbonyl (C=O) groups excluding carboxylic acids is 1. The minimum atomic E-state index is -0.669. The summed E-state index contributed by atoms with van der Waals surface area (Å²) in [7, 11) is 0. The molecule has 0 aromatic heterocycles. The first-order valence-corrected chi connectivity index (χ1v) is 9.48. The standard InChI is InChI=1S/C20H28O5/c1-6-12-17(2,3)20(22-7-8-23-20)13-10-18(12,4)16-15-11(9-14(21)24-15)25-19(13,16)5/h6,11-13,15-16H,1,7-10H2,2-5H3/t11-,12-,13-,15+,16+,18-,19-/m0/s1. The van der Waals surface area contributed by atoms with Crippen molar-refractivity contribution in [2.45, 2.75) is 64.1 Å². The number of fused-ring (bicyclic) bond motifs is 8. The molecule has 1 spiro atoms. The number of hydrogen-bond donors (Lipinski definition) is 0. The Hall–Kier alpha value is -0.910. The van der Waals surface area contributed by atoms with E-state index in [1.807, 2.05) is 0 Å². The molecule has 5 fully saturated rings. The number of allylic oxidation sites excluding steroid dienone is 1. The first kappa shape index (κ1) is 16.3. The van der Waals surface area contributed by atoms with Crippen molar-refractivity contribution < 1.29 is 23.7 Å². The van der Waals surface area contributed by atoms with Gasteiger partial charge >= 0.3 is 5.97 Å². The molecule has 3 aliphatic heterocycles. The zero-order chi connectivity index (χ0) is 17.8. The largest absolute Gasteiger partial charge is 0.459 e. The molecule has 3 heterocycles. The highest BCUT2D eigenvalue weighted by molar-refractivity contribution is 5.73. The normalized spacial score (nSPS) is 54.4. The van der Waals surface area contributed by atoms with Gasteiger partial charge in [0.25, 0.3) is 0 Å². The first-order valence-electron chi connectivity index (χ1n) is 9.48. The Labute approximate surface area is 149 Å². The van der Waals surface area contributed by atoms with Crippen LogP contribution in [0.25, 0.3) is 0 Å². The first-order chi connectivity index (χ1) is 11.7. The number of rotatable bonds is 1. The minimum Gasteiger partial charge on any atom is -0.459 e. The van der Waals surface area contributed by atoms with Crippen molar-refractivity contribution in [1.29, 1.82) is 0 Å². The summed E-state index contributed by atoms with van der Waals surface area (Å²) >= 11 is 0. The third kappa shape index (κ3) is 1.56. The zero-order valence-electron chi connectivity index (χ0n) is 15.5. The SMILES string of the molecule is C=C[C@H]1C(C)(C)C2(OCCO2)[C@H]2C[C@]1(C)[C@H]1[C@@H]3OC(=O)C[C@@H]3O[C@@]21C. The molecule has 2 saturated carbocycles. The molecular weight excluding hydrogens is 320 g/mol. The van der Waals surface area contributed by atoms with Crippen molar-refractivity contribution in [3.05, 3.63) is 12.7 Å². The van der Waals surface area contributed by atoms with E-state index in [0.29, 0.717) is 19.6 Å². The molecule has 0 N–H and O–H groups in total. The molecule has 0 amide bonds. The summed E-state index contributed by atoms with van der Waals surface area (Å²) in [4.78, 5) is 11.9. The van der Waals surface area contributed by atoms with Crippen molar-refractivity contribution in [2.24, 2.45) is 28.6 Å². The second kappa shape index (κ2) is 4.49. The molecule has 5 aliphatic rings. The van der Waals surface area contributed by atoms with E-state index in [2.05, 4.69) is 40.3 Å². The Morgan fingerprint density at radius 2 is 1.84 bits per heavy atom. The molecular formula is C20H28O5. The van der Waals surface area contributed by atoms with E-state index < -0.39 is 11.4 Å². The molecule has 2 aliphatic carbocycles. The lowest BCUT2D eigenvalue weighted by atomic mass is 9.52. The van der Waals surface area contributed by atoms with Crippen LogP contribution in [-0.2, 0) is 23.7 Å². The van der Waals surface area contributed by atoms with Crippen LogP contribution in [0.3, 0.4) is 0 Å². The van der Waals surface area contributed by atoms with Gasteiger partial charge in [-0.25, -0.2) is 0 Å². The third-order valence-corrected chi connectivity index (χ3v) is 8.20. The summed E-state index contributed by atoms with van der Waals surface area (Å²) in [6.07, 6.45) is 3.06. The molecule has 25 heavy (non-hydrogen) atoms. The number of hydrogen-bond acceptors (Lipinski definition) is 5. The molecule has 7 atom stereocenters. The van der Waals surface area contributed by atoms with Crippen molar-refractivity contribution in [3.8, 4) is 0 Å². The Morgan fingerprint density at radius 1 is 1.16 bits per heavy atom. The van der Waals surface area contributed by atoms with Gasteiger partial charge in [0, 0.05) is 17.3 Å². The van der Waals surface area contributed by atoms with E-state index in [-0.39, 0.29) is 46.8 Å². The molecule has 138 valence electrons. The molecule has 3 saturated heterocycles. The zero-order valence-corrected chi connectivity index (χ0v) is 15.5. The predicted molar refractivity (Wildman–Crippen MR) is 89.6 cm³/mol. The van der Waals surface area contributed by atoms with Gasteiger partial charge in [0.15, 0.2) is 5.79 Å². The molecule has 0 aromatic carbocycles. The average Bonchev–Trinajstić information content (AvgIpc) is 3.20. The lowest BCUT2D eigenvalue weighted by Gasteiger charge is -2.58. The van der Waals surface area contributed by atoms with E-state index in [4.69, 9.17) is 18.9 Å². The molecule has 2 bridgehead atoms. The lowest BCUT2D eigenvalue weighted by molar-refractivity contribution is -0.312. The summed E-state index contributed by atoms with van der Waals surface area (Å²) in [5.74, 6) is -0.372. The molecule has 5 nitrogen and oxygen atoms in total. The number of esters is 1. The van der Waals surface area contributed by atoms with Crippen LogP contribution < -0.4 is 0 Å². The Balaban J connectivity index is 1.71. The maximum absolute atomic E-state index is 11.9. The summed E-state index contributed by atoms with van der Waals surface area (Å²) in [5.41, 5.74) is -0.711. The van der Waals surface area contributed by atoms with Gasteiger partial charge < -0.3 is 18.9 Å². The van der Waals surface area contributed by atoms with E-state index in [1.54, 1.807) is 0 Å². The van der Waals surface area contributed by atoms with E-state index >= 15 is 0 Å². The van der Waals surface area contributed by atoms with Crippen molar-refractivity contribution in [3.63, 3.8) is 0 Å². The lowest BCUT2D eigenvalue weighted by Crippen LogP contribution is -2.62. The van der Waals surface area contributed by atoms with Gasteiger partial charge in [0.05, 0.1) is 25.2 Å². The van der Waals surface area contributed by atoms with Gasteiger partial charge in [0.1, 0.15) is 12.2 Å². The topological polar surface area (TPSA) is 54.0 Å². The van der Waals surface area contributed by atoms with Crippen LogP contribution in [0.2, 0.25) is 0 Å². The van der Waals surface area contributed by atoms with E-state index in [0.717, 1.165) is 6.42 Å². The smallest absolute Gasteiger partial charge is 0.308 e. The second-order valence-corrected chi connectivity index (χ2v) is 9.54. The number of carbonyl (C=O) groups is 1. The van der Waals surface area contributed by atoms with Crippen LogP contribution in [0, 0.1) is 28.6 Å². The Morgan fingerprint density at radius 3 is 2.48 bits per heavy atom. The van der Waals surface area contributed by atoms with Crippen LogP contribution >= 0.6 is 0 Å². The predicted octanol–water partition coefficient (Wildman–Crippen LogP) is 2.69. The maximum Gasteiger partial charge on any atom is 0.308 e. The second-order valence-electron chi connectivity index (χ2n) is 9.54. The van der Waals surface area contributed by atoms with E-state index in [9.17, 15) is 4.79 Å². The highest BCUT2D eigenvalue weighted by atomic mass is 16.7. The van der Waals surface area contributed by atoms with Crippen molar-refractivity contribution in [1.82, 2.24) is 0 Å². The third-order valence-electron chi connectivity index (χ3n) is 8.20. The summed E-state index contributed by atoms with van der Waals surface area (Å²) in [6, 6.07) is 0. The summed E-state index contributed by atoms with van der Waals surface area (Å²) in [6.45, 7) is 14.4. The van der Waals surface area contributed by atoms with Gasteiger partial charge in [-0.05, 0) is 24.7 Å². The molecule has 0 radical (unpaired) electrons. The van der Waals surface area contributed by atoms with Crippen LogP contribution in [0.1, 0.15) is 40.5 Å². The highest BCUT2D eigenvalue weighted by Gasteiger charge is 2.81. The monoisotopic (exact) mass is 348 g/mol.